The van der Waals surface area contributed by atoms with E-state index < -0.39 is 11.9 Å². The molecule has 1 saturated heterocycles. The summed E-state index contributed by atoms with van der Waals surface area (Å²) in [5.74, 6) is -0.977. The van der Waals surface area contributed by atoms with Gasteiger partial charge in [-0.05, 0) is 35.7 Å². The van der Waals surface area contributed by atoms with Gasteiger partial charge < -0.3 is 10.0 Å². The number of imide groups is 1. The molecule has 2 N–H and O–H groups in total. The SMILES string of the molecule is O=C1CCC(N2Cc3cc(-c4nccc(CO)c4Cl)ccc3C2=O)C(=O)N1. The van der Waals surface area contributed by atoms with Gasteiger partial charge in [-0.15, -0.1) is 0 Å². The summed E-state index contributed by atoms with van der Waals surface area (Å²) < 4.78 is 0. The summed E-state index contributed by atoms with van der Waals surface area (Å²) in [6, 6.07) is 6.27. The van der Waals surface area contributed by atoms with E-state index in [-0.39, 0.29) is 31.4 Å². The minimum absolute atomic E-state index is 0.193. The fraction of sp³-hybridized carbons (Fsp3) is 0.263. The Balaban J connectivity index is 1.65. The van der Waals surface area contributed by atoms with Gasteiger partial charge in [0.2, 0.25) is 11.8 Å². The molecule has 7 nitrogen and oxygen atoms in total. The number of rotatable bonds is 3. The zero-order valence-corrected chi connectivity index (χ0v) is 15.0. The lowest BCUT2D eigenvalue weighted by atomic mass is 10.0. The van der Waals surface area contributed by atoms with Crippen LogP contribution in [0, 0.1) is 0 Å². The van der Waals surface area contributed by atoms with Gasteiger partial charge in [0.25, 0.3) is 5.91 Å². The van der Waals surface area contributed by atoms with Crippen molar-refractivity contribution in [2.24, 2.45) is 0 Å². The molecule has 1 unspecified atom stereocenters. The first-order valence-corrected chi connectivity index (χ1v) is 8.89. The van der Waals surface area contributed by atoms with Crippen molar-refractivity contribution in [1.82, 2.24) is 15.2 Å². The highest BCUT2D eigenvalue weighted by atomic mass is 35.5. The van der Waals surface area contributed by atoms with Gasteiger partial charge in [-0.2, -0.15) is 0 Å². The van der Waals surface area contributed by atoms with Gasteiger partial charge in [0, 0.05) is 30.3 Å². The molecule has 0 bridgehead atoms. The van der Waals surface area contributed by atoms with Gasteiger partial charge in [-0.3, -0.25) is 24.7 Å². The molecule has 1 fully saturated rings. The van der Waals surface area contributed by atoms with E-state index in [4.69, 9.17) is 11.6 Å². The van der Waals surface area contributed by atoms with Crippen LogP contribution in [0.15, 0.2) is 30.5 Å². The van der Waals surface area contributed by atoms with Crippen molar-refractivity contribution in [2.75, 3.05) is 0 Å². The second-order valence-corrected chi connectivity index (χ2v) is 6.94. The average molecular weight is 386 g/mol. The summed E-state index contributed by atoms with van der Waals surface area (Å²) in [6.07, 6.45) is 2.11. The molecule has 27 heavy (non-hydrogen) atoms. The molecule has 0 aliphatic carbocycles. The Morgan fingerprint density at radius 1 is 1.26 bits per heavy atom. The molecule has 138 valence electrons. The number of carbonyl (C=O) groups is 3. The average Bonchev–Trinajstić information content (AvgIpc) is 2.98. The van der Waals surface area contributed by atoms with Crippen molar-refractivity contribution in [3.05, 3.63) is 52.2 Å². The number of aromatic nitrogens is 1. The number of nitrogens with zero attached hydrogens (tertiary/aromatic N) is 2. The van der Waals surface area contributed by atoms with E-state index in [1.54, 1.807) is 24.4 Å². The number of halogens is 1. The zero-order valence-electron chi connectivity index (χ0n) is 14.2. The van der Waals surface area contributed by atoms with E-state index in [1.165, 1.54) is 4.90 Å². The lowest BCUT2D eigenvalue weighted by Gasteiger charge is -2.29. The zero-order chi connectivity index (χ0) is 19.1. The van der Waals surface area contributed by atoms with Crippen molar-refractivity contribution in [2.45, 2.75) is 32.0 Å². The topological polar surface area (TPSA) is 99.6 Å². The summed E-state index contributed by atoms with van der Waals surface area (Å²) in [6.45, 7) is 0.0899. The number of nitrogens with one attached hydrogen (secondary N) is 1. The highest BCUT2D eigenvalue weighted by molar-refractivity contribution is 6.33. The molecular weight excluding hydrogens is 370 g/mol. The van der Waals surface area contributed by atoms with Gasteiger partial charge in [-0.1, -0.05) is 17.7 Å². The van der Waals surface area contributed by atoms with Crippen LogP contribution in [0.1, 0.15) is 34.3 Å². The number of aliphatic hydroxyl groups is 1. The van der Waals surface area contributed by atoms with E-state index in [1.807, 2.05) is 6.07 Å². The second kappa shape index (κ2) is 6.75. The molecule has 0 radical (unpaired) electrons. The second-order valence-electron chi connectivity index (χ2n) is 6.56. The molecule has 3 heterocycles. The predicted molar refractivity (Wildman–Crippen MR) is 96.7 cm³/mol. The van der Waals surface area contributed by atoms with Crippen molar-refractivity contribution in [3.8, 4) is 11.3 Å². The molecule has 1 aromatic carbocycles. The first-order chi connectivity index (χ1) is 13.0. The van der Waals surface area contributed by atoms with Gasteiger partial charge in [-0.25, -0.2) is 0 Å². The van der Waals surface area contributed by atoms with E-state index in [9.17, 15) is 19.5 Å². The van der Waals surface area contributed by atoms with Crippen molar-refractivity contribution >= 4 is 29.3 Å². The van der Waals surface area contributed by atoms with Crippen LogP contribution in [0.4, 0.5) is 0 Å². The maximum Gasteiger partial charge on any atom is 0.255 e. The minimum atomic E-state index is -0.648. The molecule has 2 aromatic rings. The Morgan fingerprint density at radius 2 is 2.07 bits per heavy atom. The van der Waals surface area contributed by atoms with E-state index in [0.717, 1.165) is 11.1 Å². The number of carbonyl (C=O) groups excluding carboxylic acids is 3. The van der Waals surface area contributed by atoms with Crippen LogP contribution < -0.4 is 5.32 Å². The Bertz CT molecular complexity index is 975. The molecule has 1 aromatic heterocycles. The Morgan fingerprint density at radius 3 is 2.81 bits per heavy atom. The monoisotopic (exact) mass is 385 g/mol. The molecule has 2 aliphatic rings. The molecule has 3 amide bonds. The fourth-order valence-corrected chi connectivity index (χ4v) is 3.81. The largest absolute Gasteiger partial charge is 0.392 e. The number of piperidine rings is 1. The van der Waals surface area contributed by atoms with Crippen molar-refractivity contribution < 1.29 is 19.5 Å². The van der Waals surface area contributed by atoms with Crippen LogP contribution in [0.3, 0.4) is 0 Å². The number of fused-ring (bicyclic) bond motifs is 1. The Labute approximate surface area is 160 Å². The Hall–Kier alpha value is -2.77. The van der Waals surface area contributed by atoms with E-state index in [0.29, 0.717) is 28.3 Å². The third-order valence-electron chi connectivity index (χ3n) is 4.94. The third-order valence-corrected chi connectivity index (χ3v) is 5.36. The van der Waals surface area contributed by atoms with Crippen LogP contribution in [0.5, 0.6) is 0 Å². The molecule has 2 aliphatic heterocycles. The highest BCUT2D eigenvalue weighted by Gasteiger charge is 2.39. The minimum Gasteiger partial charge on any atom is -0.392 e. The quantitative estimate of drug-likeness (QED) is 0.783. The smallest absolute Gasteiger partial charge is 0.255 e. The summed E-state index contributed by atoms with van der Waals surface area (Å²) in [7, 11) is 0. The number of amides is 3. The summed E-state index contributed by atoms with van der Waals surface area (Å²) in [5, 5.41) is 12.0. The fourth-order valence-electron chi connectivity index (χ4n) is 3.53. The van der Waals surface area contributed by atoms with Gasteiger partial charge in [0.05, 0.1) is 17.3 Å². The third kappa shape index (κ3) is 2.98. The van der Waals surface area contributed by atoms with Crippen molar-refractivity contribution in [1.29, 1.82) is 0 Å². The van der Waals surface area contributed by atoms with Gasteiger partial charge in [0.1, 0.15) is 6.04 Å². The van der Waals surface area contributed by atoms with Crippen LogP contribution in [0.2, 0.25) is 5.02 Å². The molecular formula is C19H16ClN3O4. The van der Waals surface area contributed by atoms with Crippen LogP contribution in [-0.4, -0.2) is 38.8 Å². The highest BCUT2D eigenvalue weighted by Crippen LogP contribution is 2.33. The first kappa shape index (κ1) is 17.6. The van der Waals surface area contributed by atoms with E-state index in [2.05, 4.69) is 10.3 Å². The van der Waals surface area contributed by atoms with Crippen LogP contribution >= 0.6 is 11.6 Å². The maximum atomic E-state index is 12.7. The number of hydrogen-bond donors (Lipinski definition) is 2. The number of aliphatic hydroxyl groups excluding tert-OH is 1. The summed E-state index contributed by atoms with van der Waals surface area (Å²) >= 11 is 6.32. The lowest BCUT2D eigenvalue weighted by molar-refractivity contribution is -0.136. The normalized spacial score (nSPS) is 19.3. The molecule has 0 saturated carbocycles. The lowest BCUT2D eigenvalue weighted by Crippen LogP contribution is -2.52. The van der Waals surface area contributed by atoms with Gasteiger partial charge >= 0.3 is 0 Å². The summed E-state index contributed by atoms with van der Waals surface area (Å²) in [4.78, 5) is 42.0. The van der Waals surface area contributed by atoms with Crippen LogP contribution in [0.25, 0.3) is 11.3 Å². The standard InChI is InChI=1S/C19H16ClN3O4/c20-16-11(9-24)5-6-21-17(16)10-1-2-13-12(7-10)8-23(19(13)27)14-3-4-15(25)22-18(14)26/h1-2,5-7,14,24H,3-4,8-9H2,(H,22,25,26). The van der Waals surface area contributed by atoms with E-state index >= 15 is 0 Å². The number of pyridine rings is 1. The maximum absolute atomic E-state index is 12.7. The first-order valence-electron chi connectivity index (χ1n) is 8.52. The van der Waals surface area contributed by atoms with Gasteiger partial charge in [0.15, 0.2) is 0 Å². The molecule has 4 rings (SSSR count). The molecule has 0 spiro atoms. The van der Waals surface area contributed by atoms with Crippen LogP contribution in [-0.2, 0) is 22.7 Å². The Kier molecular flexibility index (Phi) is 4.41. The molecule has 1 atom stereocenters. The number of benzene rings is 1. The predicted octanol–water partition coefficient (Wildman–Crippen LogP) is 1.66. The summed E-state index contributed by atoms with van der Waals surface area (Å²) in [5.41, 5.74) is 3.13. The van der Waals surface area contributed by atoms with Crippen molar-refractivity contribution in [3.63, 3.8) is 0 Å². The molecule has 8 heteroatoms. The number of hydrogen-bond acceptors (Lipinski definition) is 5.